The monoisotopic (exact) mass is 311 g/mol. The van der Waals surface area contributed by atoms with Crippen molar-refractivity contribution < 1.29 is 22.7 Å². The number of benzene rings is 1. The standard InChI is InChI=1S/C14H17NO5S/c1-3-4-9-20-14(17)12-13(16)10-7-5-6-8-11(10)21(18,19)15(12)2/h5-8,12H,3-4,9H2,1-2H3. The lowest BCUT2D eigenvalue weighted by Crippen LogP contribution is -2.52. The van der Waals surface area contributed by atoms with Gasteiger partial charge in [0.1, 0.15) is 0 Å². The molecular formula is C14H17NO5S. The van der Waals surface area contributed by atoms with Crippen molar-refractivity contribution in [2.24, 2.45) is 0 Å². The first-order valence-electron chi connectivity index (χ1n) is 6.69. The molecule has 0 amide bonds. The molecule has 0 N–H and O–H groups in total. The van der Waals surface area contributed by atoms with Gasteiger partial charge in [-0.2, -0.15) is 4.31 Å². The fraction of sp³-hybridized carbons (Fsp3) is 0.429. The molecule has 1 aromatic carbocycles. The number of hydrogen-bond acceptors (Lipinski definition) is 5. The predicted octanol–water partition coefficient (Wildman–Crippen LogP) is 1.22. The summed E-state index contributed by atoms with van der Waals surface area (Å²) >= 11 is 0. The van der Waals surface area contributed by atoms with Gasteiger partial charge in [-0.05, 0) is 18.6 Å². The SMILES string of the molecule is CCCCOC(=O)C1C(=O)c2ccccc2S(=O)(=O)N1C. The molecular weight excluding hydrogens is 294 g/mol. The summed E-state index contributed by atoms with van der Waals surface area (Å²) in [5.74, 6) is -1.38. The van der Waals surface area contributed by atoms with Crippen LogP contribution in [-0.4, -0.2) is 44.2 Å². The number of ketones is 1. The van der Waals surface area contributed by atoms with Gasteiger partial charge in [-0.15, -0.1) is 0 Å². The molecule has 0 bridgehead atoms. The maximum Gasteiger partial charge on any atom is 0.332 e. The normalized spacial score (nSPS) is 20.9. The van der Waals surface area contributed by atoms with Crippen LogP contribution in [0.3, 0.4) is 0 Å². The van der Waals surface area contributed by atoms with E-state index in [9.17, 15) is 18.0 Å². The van der Waals surface area contributed by atoms with E-state index in [1.165, 1.54) is 25.2 Å². The number of hydrogen-bond donors (Lipinski definition) is 0. The van der Waals surface area contributed by atoms with Gasteiger partial charge in [0.25, 0.3) is 0 Å². The van der Waals surface area contributed by atoms with Crippen molar-refractivity contribution in [3.63, 3.8) is 0 Å². The fourth-order valence-corrected chi connectivity index (χ4v) is 3.62. The average molecular weight is 311 g/mol. The summed E-state index contributed by atoms with van der Waals surface area (Å²) in [6, 6.07) is 4.43. The molecule has 0 aliphatic carbocycles. The van der Waals surface area contributed by atoms with Crippen LogP contribution in [0.25, 0.3) is 0 Å². The molecule has 0 aromatic heterocycles. The van der Waals surface area contributed by atoms with Crippen molar-refractivity contribution in [3.05, 3.63) is 29.8 Å². The van der Waals surface area contributed by atoms with Crippen molar-refractivity contribution in [1.29, 1.82) is 0 Å². The first-order valence-corrected chi connectivity index (χ1v) is 8.13. The molecule has 0 fully saturated rings. The van der Waals surface area contributed by atoms with E-state index in [1.54, 1.807) is 6.07 Å². The summed E-state index contributed by atoms with van der Waals surface area (Å²) in [5, 5.41) is 0. The van der Waals surface area contributed by atoms with Gasteiger partial charge in [-0.3, -0.25) is 4.79 Å². The van der Waals surface area contributed by atoms with E-state index in [-0.39, 0.29) is 17.1 Å². The number of ether oxygens (including phenoxy) is 1. The summed E-state index contributed by atoms with van der Waals surface area (Å²) in [6.45, 7) is 2.11. The number of unbranched alkanes of at least 4 members (excludes halogenated alkanes) is 1. The Hall–Kier alpha value is -1.73. The third-order valence-corrected chi connectivity index (χ3v) is 5.27. The summed E-state index contributed by atoms with van der Waals surface area (Å²) in [6.07, 6.45) is 1.50. The molecule has 0 saturated carbocycles. The topological polar surface area (TPSA) is 80.8 Å². The molecule has 7 heteroatoms. The van der Waals surface area contributed by atoms with Crippen LogP contribution >= 0.6 is 0 Å². The molecule has 1 aliphatic rings. The number of Topliss-reactive ketones (excluding diaryl/α,β-unsaturated/α-hetero) is 1. The van der Waals surface area contributed by atoms with Gasteiger partial charge in [0.05, 0.1) is 11.5 Å². The molecule has 6 nitrogen and oxygen atoms in total. The number of esters is 1. The third-order valence-electron chi connectivity index (χ3n) is 3.39. The fourth-order valence-electron chi connectivity index (χ4n) is 2.15. The second kappa shape index (κ2) is 5.95. The van der Waals surface area contributed by atoms with Gasteiger partial charge >= 0.3 is 5.97 Å². The minimum atomic E-state index is -3.87. The van der Waals surface area contributed by atoms with E-state index in [1.807, 2.05) is 6.92 Å². The van der Waals surface area contributed by atoms with Gasteiger partial charge < -0.3 is 4.74 Å². The Morgan fingerprint density at radius 2 is 2.00 bits per heavy atom. The highest BCUT2D eigenvalue weighted by molar-refractivity contribution is 7.89. The minimum absolute atomic E-state index is 0.0352. The summed E-state index contributed by atoms with van der Waals surface area (Å²) < 4.78 is 30.5. The Morgan fingerprint density at radius 1 is 1.33 bits per heavy atom. The highest BCUT2D eigenvalue weighted by Gasteiger charge is 2.46. The maximum atomic E-state index is 12.4. The summed E-state index contributed by atoms with van der Waals surface area (Å²) in [4.78, 5) is 24.4. The van der Waals surface area contributed by atoms with E-state index in [2.05, 4.69) is 0 Å². The van der Waals surface area contributed by atoms with Crippen LogP contribution in [0.2, 0.25) is 0 Å². The Balaban J connectivity index is 2.38. The van der Waals surface area contributed by atoms with Gasteiger partial charge in [0.15, 0.2) is 11.8 Å². The van der Waals surface area contributed by atoms with Crippen LogP contribution in [0.15, 0.2) is 29.2 Å². The zero-order valence-electron chi connectivity index (χ0n) is 11.9. The number of fused-ring (bicyclic) bond motifs is 1. The first-order chi connectivity index (χ1) is 9.91. The quantitative estimate of drug-likeness (QED) is 0.474. The molecule has 1 aliphatic heterocycles. The molecule has 0 saturated heterocycles. The lowest BCUT2D eigenvalue weighted by Gasteiger charge is -2.30. The number of carbonyl (C=O) groups is 2. The van der Waals surface area contributed by atoms with Crippen molar-refractivity contribution in [2.75, 3.05) is 13.7 Å². The maximum absolute atomic E-state index is 12.4. The average Bonchev–Trinajstić information content (AvgIpc) is 2.46. The molecule has 0 spiro atoms. The lowest BCUT2D eigenvalue weighted by atomic mass is 10.0. The molecule has 114 valence electrons. The predicted molar refractivity (Wildman–Crippen MR) is 75.4 cm³/mol. The number of rotatable bonds is 4. The van der Waals surface area contributed by atoms with Crippen LogP contribution in [0.4, 0.5) is 0 Å². The van der Waals surface area contributed by atoms with E-state index in [0.29, 0.717) is 6.42 Å². The number of nitrogens with zero attached hydrogens (tertiary/aromatic N) is 1. The highest BCUT2D eigenvalue weighted by Crippen LogP contribution is 2.29. The van der Waals surface area contributed by atoms with Crippen molar-refractivity contribution in [2.45, 2.75) is 30.7 Å². The van der Waals surface area contributed by atoms with E-state index in [0.717, 1.165) is 10.7 Å². The second-order valence-corrected chi connectivity index (χ2v) is 6.77. The zero-order valence-corrected chi connectivity index (χ0v) is 12.7. The van der Waals surface area contributed by atoms with Gasteiger partial charge in [0, 0.05) is 12.6 Å². The molecule has 2 rings (SSSR count). The van der Waals surface area contributed by atoms with E-state index < -0.39 is 27.8 Å². The van der Waals surface area contributed by atoms with Crippen LogP contribution < -0.4 is 0 Å². The van der Waals surface area contributed by atoms with Crippen LogP contribution in [0, 0.1) is 0 Å². The van der Waals surface area contributed by atoms with Gasteiger partial charge in [0.2, 0.25) is 10.0 Å². The molecule has 1 atom stereocenters. The molecule has 1 unspecified atom stereocenters. The van der Waals surface area contributed by atoms with Crippen LogP contribution in [-0.2, 0) is 19.6 Å². The second-order valence-electron chi connectivity index (χ2n) is 4.81. The Kier molecular flexibility index (Phi) is 4.43. The van der Waals surface area contributed by atoms with Gasteiger partial charge in [-0.1, -0.05) is 25.5 Å². The zero-order chi connectivity index (χ0) is 15.6. The largest absolute Gasteiger partial charge is 0.464 e. The molecule has 1 heterocycles. The lowest BCUT2D eigenvalue weighted by molar-refractivity contribution is -0.146. The Labute approximate surface area is 123 Å². The van der Waals surface area contributed by atoms with Crippen molar-refractivity contribution in [1.82, 2.24) is 4.31 Å². The number of sulfonamides is 1. The first kappa shape index (κ1) is 15.7. The van der Waals surface area contributed by atoms with Crippen molar-refractivity contribution >= 4 is 21.8 Å². The van der Waals surface area contributed by atoms with E-state index in [4.69, 9.17) is 4.74 Å². The summed E-state index contributed by atoms with van der Waals surface area (Å²) in [5.41, 5.74) is 0.0352. The van der Waals surface area contributed by atoms with E-state index >= 15 is 0 Å². The Morgan fingerprint density at radius 3 is 2.67 bits per heavy atom. The highest BCUT2D eigenvalue weighted by atomic mass is 32.2. The molecule has 1 aromatic rings. The van der Waals surface area contributed by atoms with Gasteiger partial charge in [-0.25, -0.2) is 13.2 Å². The minimum Gasteiger partial charge on any atom is -0.464 e. The smallest absolute Gasteiger partial charge is 0.332 e. The molecule has 0 radical (unpaired) electrons. The number of likely N-dealkylation sites (N-methyl/N-ethyl adjacent to an activating group) is 1. The molecule has 21 heavy (non-hydrogen) atoms. The number of carbonyl (C=O) groups excluding carboxylic acids is 2. The Bertz CT molecular complexity index is 668. The summed E-state index contributed by atoms with van der Waals surface area (Å²) in [7, 11) is -2.65. The van der Waals surface area contributed by atoms with Crippen LogP contribution in [0.1, 0.15) is 30.1 Å². The van der Waals surface area contributed by atoms with Crippen LogP contribution in [0.5, 0.6) is 0 Å². The third kappa shape index (κ3) is 2.71. The van der Waals surface area contributed by atoms with Crippen molar-refractivity contribution in [3.8, 4) is 0 Å².